The predicted molar refractivity (Wildman–Crippen MR) is 113 cm³/mol. The molecule has 0 bridgehead atoms. The van der Waals surface area contributed by atoms with Crippen molar-refractivity contribution in [3.05, 3.63) is 24.3 Å². The van der Waals surface area contributed by atoms with Gasteiger partial charge in [0, 0.05) is 18.3 Å². The van der Waals surface area contributed by atoms with Crippen LogP contribution in [-0.4, -0.2) is 59.0 Å². The fourth-order valence-electron chi connectivity index (χ4n) is 3.06. The first-order chi connectivity index (χ1) is 14.1. The van der Waals surface area contributed by atoms with Gasteiger partial charge in [0.2, 0.25) is 11.0 Å². The minimum Gasteiger partial charge on any atom is -0.497 e. The van der Waals surface area contributed by atoms with E-state index in [0.29, 0.717) is 29.0 Å². The van der Waals surface area contributed by atoms with Crippen molar-refractivity contribution in [2.75, 3.05) is 31.3 Å². The lowest BCUT2D eigenvalue weighted by Gasteiger charge is -2.33. The van der Waals surface area contributed by atoms with Crippen LogP contribution in [0.1, 0.15) is 26.2 Å². The zero-order valence-electron chi connectivity index (χ0n) is 16.4. The number of hydrogen-bond donors (Lipinski definition) is 1. The van der Waals surface area contributed by atoms with Crippen molar-refractivity contribution in [3.63, 3.8) is 0 Å². The smallest absolute Gasteiger partial charge is 0.328 e. The van der Waals surface area contributed by atoms with Crippen LogP contribution in [0.2, 0.25) is 0 Å². The molecule has 0 spiro atoms. The fraction of sp³-hybridized carbons (Fsp3) is 0.474. The lowest BCUT2D eigenvalue weighted by atomic mass is 10.0. The van der Waals surface area contributed by atoms with Crippen LogP contribution >= 0.6 is 23.1 Å². The average molecular weight is 437 g/mol. The van der Waals surface area contributed by atoms with Crippen molar-refractivity contribution in [3.8, 4) is 5.75 Å². The number of amides is 1. The zero-order valence-corrected chi connectivity index (χ0v) is 18.1. The molecule has 1 fully saturated rings. The maximum atomic E-state index is 12.7. The second-order valence-electron chi connectivity index (χ2n) is 6.37. The van der Waals surface area contributed by atoms with Crippen molar-refractivity contribution in [2.24, 2.45) is 0 Å². The van der Waals surface area contributed by atoms with Crippen LogP contribution in [0.4, 0.5) is 10.8 Å². The number of hydrogen-bond acceptors (Lipinski definition) is 9. The predicted octanol–water partition coefficient (Wildman–Crippen LogP) is 3.33. The Kier molecular flexibility index (Phi) is 7.70. The second kappa shape index (κ2) is 10.4. The van der Waals surface area contributed by atoms with Gasteiger partial charge in [-0.1, -0.05) is 29.2 Å². The summed E-state index contributed by atoms with van der Waals surface area (Å²) in [7, 11) is 1.62. The standard InChI is InChI=1S/C19H24N4O4S2/c1-3-27-17(25)15-9-4-5-10-23(15)16(24)12-28-19-22-21-18(29-19)20-13-7-6-8-14(11-13)26-2/h6-8,11,15H,3-5,9-10,12H2,1-2H3,(H,20,21). The van der Waals surface area contributed by atoms with Crippen molar-refractivity contribution in [1.82, 2.24) is 15.1 Å². The molecule has 2 heterocycles. The van der Waals surface area contributed by atoms with E-state index in [-0.39, 0.29) is 17.6 Å². The zero-order chi connectivity index (χ0) is 20.6. The van der Waals surface area contributed by atoms with Crippen LogP contribution in [0, 0.1) is 0 Å². The maximum Gasteiger partial charge on any atom is 0.328 e. The van der Waals surface area contributed by atoms with E-state index in [2.05, 4.69) is 15.5 Å². The number of carbonyl (C=O) groups excluding carboxylic acids is 2. The summed E-state index contributed by atoms with van der Waals surface area (Å²) in [5.41, 5.74) is 0.846. The molecule has 2 aromatic rings. The fourth-order valence-corrected chi connectivity index (χ4v) is 4.72. The average Bonchev–Trinajstić information content (AvgIpc) is 3.19. The van der Waals surface area contributed by atoms with Crippen LogP contribution in [0.5, 0.6) is 5.75 Å². The monoisotopic (exact) mass is 436 g/mol. The molecular formula is C19H24N4O4S2. The summed E-state index contributed by atoms with van der Waals surface area (Å²) in [6, 6.07) is 7.05. The first-order valence-corrected chi connectivity index (χ1v) is 11.2. The minimum atomic E-state index is -0.475. The molecule has 10 heteroatoms. The molecule has 0 radical (unpaired) electrons. The number of methoxy groups -OCH3 is 1. The molecule has 1 saturated heterocycles. The molecule has 1 atom stereocenters. The van der Waals surface area contributed by atoms with Crippen LogP contribution in [0.25, 0.3) is 0 Å². The van der Waals surface area contributed by atoms with Crippen LogP contribution < -0.4 is 10.1 Å². The molecule has 29 heavy (non-hydrogen) atoms. The van der Waals surface area contributed by atoms with E-state index in [1.54, 1.807) is 18.9 Å². The first-order valence-electron chi connectivity index (χ1n) is 9.44. The summed E-state index contributed by atoms with van der Waals surface area (Å²) < 4.78 is 11.0. The first kappa shape index (κ1) is 21.4. The van der Waals surface area contributed by atoms with Crippen LogP contribution in [0.15, 0.2) is 28.6 Å². The van der Waals surface area contributed by atoms with Crippen LogP contribution in [0.3, 0.4) is 0 Å². The van der Waals surface area contributed by atoms with Gasteiger partial charge in [-0.05, 0) is 38.3 Å². The third-order valence-electron chi connectivity index (χ3n) is 4.43. The highest BCUT2D eigenvalue weighted by Crippen LogP contribution is 2.29. The number of benzene rings is 1. The molecule has 156 valence electrons. The Balaban J connectivity index is 1.55. The van der Waals surface area contributed by atoms with Gasteiger partial charge in [0.25, 0.3) is 0 Å². The van der Waals surface area contributed by atoms with Crippen LogP contribution in [-0.2, 0) is 14.3 Å². The van der Waals surface area contributed by atoms with E-state index in [4.69, 9.17) is 9.47 Å². The lowest BCUT2D eigenvalue weighted by Crippen LogP contribution is -2.49. The number of ether oxygens (including phenoxy) is 2. The summed E-state index contributed by atoms with van der Waals surface area (Å²) in [5, 5.41) is 12.1. The number of likely N-dealkylation sites (tertiary alicyclic amines) is 1. The van der Waals surface area contributed by atoms with Gasteiger partial charge in [0.15, 0.2) is 4.34 Å². The molecule has 1 aromatic carbocycles. The topological polar surface area (TPSA) is 93.7 Å². The third-order valence-corrected chi connectivity index (χ3v) is 6.39. The second-order valence-corrected chi connectivity index (χ2v) is 8.57. The normalized spacial score (nSPS) is 16.3. The molecule has 0 saturated carbocycles. The van der Waals surface area contributed by atoms with Crippen molar-refractivity contribution < 1.29 is 19.1 Å². The maximum absolute atomic E-state index is 12.7. The number of rotatable bonds is 8. The number of carbonyl (C=O) groups is 2. The van der Waals surface area contributed by atoms with E-state index in [1.165, 1.54) is 23.1 Å². The van der Waals surface area contributed by atoms with Gasteiger partial charge in [0.05, 0.1) is 19.5 Å². The molecule has 0 aliphatic carbocycles. The molecular weight excluding hydrogens is 412 g/mol. The Bertz CT molecular complexity index is 845. The van der Waals surface area contributed by atoms with Gasteiger partial charge in [-0.15, -0.1) is 10.2 Å². The summed E-state index contributed by atoms with van der Waals surface area (Å²) >= 11 is 2.70. The molecule has 1 aliphatic heterocycles. The van der Waals surface area contributed by atoms with Crippen molar-refractivity contribution in [2.45, 2.75) is 36.6 Å². The highest BCUT2D eigenvalue weighted by atomic mass is 32.2. The number of anilines is 2. The Hall–Kier alpha value is -2.33. The van der Waals surface area contributed by atoms with Crippen molar-refractivity contribution in [1.29, 1.82) is 0 Å². The van der Waals surface area contributed by atoms with Crippen molar-refractivity contribution >= 4 is 45.8 Å². The highest BCUT2D eigenvalue weighted by Gasteiger charge is 2.33. The molecule has 1 amide bonds. The van der Waals surface area contributed by atoms with Gasteiger partial charge in [-0.2, -0.15) is 0 Å². The van der Waals surface area contributed by atoms with Gasteiger partial charge in [0.1, 0.15) is 11.8 Å². The van der Waals surface area contributed by atoms with E-state index >= 15 is 0 Å². The number of esters is 1. The number of nitrogens with one attached hydrogen (secondary N) is 1. The van der Waals surface area contributed by atoms with Gasteiger partial charge >= 0.3 is 5.97 Å². The van der Waals surface area contributed by atoms with Gasteiger partial charge in [-0.25, -0.2) is 4.79 Å². The van der Waals surface area contributed by atoms with E-state index in [9.17, 15) is 9.59 Å². The number of aromatic nitrogens is 2. The summed E-state index contributed by atoms with van der Waals surface area (Å²) in [5.74, 6) is 0.567. The Morgan fingerprint density at radius 3 is 3.00 bits per heavy atom. The summed E-state index contributed by atoms with van der Waals surface area (Å²) in [6.45, 7) is 2.68. The quantitative estimate of drug-likeness (QED) is 0.498. The summed E-state index contributed by atoms with van der Waals surface area (Å²) in [6.07, 6.45) is 2.48. The number of nitrogens with zero attached hydrogens (tertiary/aromatic N) is 3. The molecule has 1 aliphatic rings. The number of thioether (sulfide) groups is 1. The molecule has 1 unspecified atom stereocenters. The molecule has 8 nitrogen and oxygen atoms in total. The Morgan fingerprint density at radius 1 is 1.34 bits per heavy atom. The Morgan fingerprint density at radius 2 is 2.21 bits per heavy atom. The molecule has 3 rings (SSSR count). The van der Waals surface area contributed by atoms with E-state index in [1.807, 2.05) is 24.3 Å². The lowest BCUT2D eigenvalue weighted by molar-refractivity contribution is -0.155. The minimum absolute atomic E-state index is 0.0785. The Labute approximate surface area is 178 Å². The van der Waals surface area contributed by atoms with E-state index in [0.717, 1.165) is 24.3 Å². The third kappa shape index (κ3) is 5.83. The molecule has 1 N–H and O–H groups in total. The number of piperidine rings is 1. The highest BCUT2D eigenvalue weighted by molar-refractivity contribution is 8.01. The van der Waals surface area contributed by atoms with Gasteiger partial charge < -0.3 is 19.7 Å². The largest absolute Gasteiger partial charge is 0.497 e. The SMILES string of the molecule is CCOC(=O)C1CCCCN1C(=O)CSc1nnc(Nc2cccc(OC)c2)s1. The summed E-state index contributed by atoms with van der Waals surface area (Å²) in [4.78, 5) is 26.5. The van der Waals surface area contributed by atoms with Gasteiger partial charge in [-0.3, -0.25) is 4.79 Å². The van der Waals surface area contributed by atoms with E-state index < -0.39 is 6.04 Å². The molecule has 1 aromatic heterocycles.